The van der Waals surface area contributed by atoms with E-state index >= 15 is 0 Å². The number of methoxy groups -OCH3 is 1. The minimum Gasteiger partial charge on any atom is -0.496 e. The minimum atomic E-state index is -0.789. The third-order valence-electron chi connectivity index (χ3n) is 2.44. The molecule has 0 atom stereocenters. The Morgan fingerprint density at radius 2 is 1.74 bits per heavy atom. The fourth-order valence-corrected chi connectivity index (χ4v) is 1.65. The molecule has 3 N–H and O–H groups in total. The van der Waals surface area contributed by atoms with Crippen LogP contribution in [-0.4, -0.2) is 30.6 Å². The molecule has 8 nitrogen and oxygen atoms in total. The first kappa shape index (κ1) is 18.3. The molecule has 0 aliphatic carbocycles. The van der Waals surface area contributed by atoms with E-state index in [0.717, 1.165) is 0 Å². The van der Waals surface area contributed by atoms with E-state index in [2.05, 4.69) is 16.2 Å². The molecule has 0 aromatic heterocycles. The molecular formula is C15H21N3O5. The maximum atomic E-state index is 12.2. The zero-order valence-corrected chi connectivity index (χ0v) is 13.8. The highest BCUT2D eigenvalue weighted by atomic mass is 16.6. The van der Waals surface area contributed by atoms with E-state index < -0.39 is 17.6 Å². The number of nitrogens with one attached hydrogen (secondary N) is 3. The molecule has 1 aromatic rings. The topological polar surface area (TPSA) is 106 Å². The molecule has 1 aromatic carbocycles. The van der Waals surface area contributed by atoms with Gasteiger partial charge in [-0.05, 0) is 39.0 Å². The number of ether oxygens (including phenoxy) is 2. The van der Waals surface area contributed by atoms with Crippen LogP contribution in [0.1, 0.15) is 38.1 Å². The van der Waals surface area contributed by atoms with Gasteiger partial charge in [0, 0.05) is 12.6 Å². The van der Waals surface area contributed by atoms with Crippen molar-refractivity contribution in [1.82, 2.24) is 10.9 Å². The van der Waals surface area contributed by atoms with Gasteiger partial charge in [-0.1, -0.05) is 0 Å². The monoisotopic (exact) mass is 323 g/mol. The molecule has 0 heterocycles. The van der Waals surface area contributed by atoms with Crippen LogP contribution < -0.4 is 20.9 Å². The van der Waals surface area contributed by atoms with Crippen molar-refractivity contribution in [2.75, 3.05) is 12.4 Å². The lowest BCUT2D eigenvalue weighted by Crippen LogP contribution is -2.44. The van der Waals surface area contributed by atoms with E-state index in [0.29, 0.717) is 11.4 Å². The Hall–Kier alpha value is -2.77. The first-order valence-electron chi connectivity index (χ1n) is 6.87. The summed E-state index contributed by atoms with van der Waals surface area (Å²) in [7, 11) is 1.41. The lowest BCUT2D eigenvalue weighted by Gasteiger charge is -2.20. The number of carbonyl (C=O) groups excluding carboxylic acids is 3. The van der Waals surface area contributed by atoms with E-state index in [1.54, 1.807) is 26.8 Å². The van der Waals surface area contributed by atoms with Crippen LogP contribution in [0, 0.1) is 0 Å². The predicted octanol–water partition coefficient (Wildman–Crippen LogP) is 1.82. The standard InChI is InChI=1S/C15H21N3O5/c1-9(19)16-10-6-7-12(22-5)11(8-10)13(20)17-18-14(21)23-15(2,3)4/h6-8H,1-5H3,(H,16,19)(H,17,20)(H,18,21). The summed E-state index contributed by atoms with van der Waals surface area (Å²) < 4.78 is 10.1. The van der Waals surface area contributed by atoms with Crippen LogP contribution in [0.25, 0.3) is 0 Å². The first-order chi connectivity index (χ1) is 10.6. The van der Waals surface area contributed by atoms with E-state index in [1.165, 1.54) is 26.2 Å². The zero-order chi connectivity index (χ0) is 17.6. The van der Waals surface area contributed by atoms with Gasteiger partial charge in [0.25, 0.3) is 5.91 Å². The summed E-state index contributed by atoms with van der Waals surface area (Å²) in [6.45, 7) is 6.46. The van der Waals surface area contributed by atoms with Crippen molar-refractivity contribution in [3.63, 3.8) is 0 Å². The van der Waals surface area contributed by atoms with E-state index in [-0.39, 0.29) is 11.5 Å². The van der Waals surface area contributed by atoms with Crippen molar-refractivity contribution in [1.29, 1.82) is 0 Å². The van der Waals surface area contributed by atoms with Gasteiger partial charge in [-0.2, -0.15) is 0 Å². The van der Waals surface area contributed by atoms with Crippen molar-refractivity contribution in [3.8, 4) is 5.75 Å². The van der Waals surface area contributed by atoms with Crippen LogP contribution in [0.3, 0.4) is 0 Å². The smallest absolute Gasteiger partial charge is 0.426 e. The molecule has 8 heteroatoms. The SMILES string of the molecule is COc1ccc(NC(C)=O)cc1C(=O)NNC(=O)OC(C)(C)C. The molecule has 0 bridgehead atoms. The molecule has 1 rings (SSSR count). The number of hydrazine groups is 1. The largest absolute Gasteiger partial charge is 0.496 e. The third-order valence-corrected chi connectivity index (χ3v) is 2.44. The van der Waals surface area contributed by atoms with Crippen LogP contribution in [0.5, 0.6) is 5.75 Å². The lowest BCUT2D eigenvalue weighted by molar-refractivity contribution is -0.114. The molecule has 0 unspecified atom stereocenters. The van der Waals surface area contributed by atoms with Crippen molar-refractivity contribution >= 4 is 23.6 Å². The van der Waals surface area contributed by atoms with Gasteiger partial charge in [0.05, 0.1) is 12.7 Å². The maximum Gasteiger partial charge on any atom is 0.426 e. The summed E-state index contributed by atoms with van der Waals surface area (Å²) in [5.41, 5.74) is 4.26. The molecule has 126 valence electrons. The minimum absolute atomic E-state index is 0.148. The Balaban J connectivity index is 2.81. The molecule has 0 aliphatic heterocycles. The second-order valence-corrected chi connectivity index (χ2v) is 5.68. The first-order valence-corrected chi connectivity index (χ1v) is 6.87. The zero-order valence-electron chi connectivity index (χ0n) is 13.8. The van der Waals surface area contributed by atoms with Crippen LogP contribution >= 0.6 is 0 Å². The molecular weight excluding hydrogens is 302 g/mol. The van der Waals surface area contributed by atoms with E-state index in [1.807, 2.05) is 0 Å². The molecule has 0 saturated carbocycles. The fraction of sp³-hybridized carbons (Fsp3) is 0.400. The number of hydrogen-bond donors (Lipinski definition) is 3. The highest BCUT2D eigenvalue weighted by molar-refractivity contribution is 5.99. The van der Waals surface area contributed by atoms with Crippen LogP contribution in [0.2, 0.25) is 0 Å². The fourth-order valence-electron chi connectivity index (χ4n) is 1.65. The van der Waals surface area contributed by atoms with Crippen molar-refractivity contribution in [2.24, 2.45) is 0 Å². The van der Waals surface area contributed by atoms with Gasteiger partial charge in [0.2, 0.25) is 5.91 Å². The second kappa shape index (κ2) is 7.48. The summed E-state index contributed by atoms with van der Waals surface area (Å²) in [5, 5.41) is 2.56. The van der Waals surface area contributed by atoms with Gasteiger partial charge < -0.3 is 14.8 Å². The number of hydrogen-bond acceptors (Lipinski definition) is 5. The number of benzene rings is 1. The summed E-state index contributed by atoms with van der Waals surface area (Å²) in [5.74, 6) is -0.587. The van der Waals surface area contributed by atoms with Crippen LogP contribution in [0.15, 0.2) is 18.2 Å². The Bertz CT molecular complexity index is 608. The summed E-state index contributed by atoms with van der Waals surface area (Å²) in [4.78, 5) is 34.8. The third kappa shape index (κ3) is 6.25. The number of rotatable bonds is 3. The molecule has 0 spiro atoms. The van der Waals surface area contributed by atoms with Crippen molar-refractivity contribution in [2.45, 2.75) is 33.3 Å². The van der Waals surface area contributed by atoms with E-state index in [4.69, 9.17) is 9.47 Å². The molecule has 3 amide bonds. The summed E-state index contributed by atoms with van der Waals surface area (Å²) >= 11 is 0. The number of anilines is 1. The number of carbonyl (C=O) groups is 3. The van der Waals surface area contributed by atoms with Gasteiger partial charge in [-0.15, -0.1) is 0 Å². The van der Waals surface area contributed by atoms with Gasteiger partial charge in [0.15, 0.2) is 0 Å². The molecule has 0 aliphatic rings. The molecule has 0 saturated heterocycles. The van der Waals surface area contributed by atoms with Crippen LogP contribution in [-0.2, 0) is 9.53 Å². The summed E-state index contributed by atoms with van der Waals surface area (Å²) in [6, 6.07) is 4.57. The summed E-state index contributed by atoms with van der Waals surface area (Å²) in [6.07, 6.45) is -0.789. The van der Waals surface area contributed by atoms with Crippen molar-refractivity contribution in [3.05, 3.63) is 23.8 Å². The molecule has 0 radical (unpaired) electrons. The van der Waals surface area contributed by atoms with E-state index in [9.17, 15) is 14.4 Å². The quantitative estimate of drug-likeness (QED) is 0.736. The Morgan fingerprint density at radius 1 is 1.09 bits per heavy atom. The average Bonchev–Trinajstić information content (AvgIpc) is 2.42. The van der Waals surface area contributed by atoms with Gasteiger partial charge >= 0.3 is 6.09 Å². The maximum absolute atomic E-state index is 12.2. The normalized spacial score (nSPS) is 10.5. The van der Waals surface area contributed by atoms with Gasteiger partial charge in [-0.3, -0.25) is 15.0 Å². The highest BCUT2D eigenvalue weighted by Crippen LogP contribution is 2.22. The van der Waals surface area contributed by atoms with Gasteiger partial charge in [-0.25, -0.2) is 10.2 Å². The molecule has 23 heavy (non-hydrogen) atoms. The lowest BCUT2D eigenvalue weighted by atomic mass is 10.1. The highest BCUT2D eigenvalue weighted by Gasteiger charge is 2.18. The Kier molecular flexibility index (Phi) is 5.94. The molecule has 0 fully saturated rings. The Morgan fingerprint density at radius 3 is 2.26 bits per heavy atom. The Labute approximate surface area is 134 Å². The van der Waals surface area contributed by atoms with Crippen LogP contribution in [0.4, 0.5) is 10.5 Å². The van der Waals surface area contributed by atoms with Crippen molar-refractivity contribution < 1.29 is 23.9 Å². The predicted molar refractivity (Wildman–Crippen MR) is 84.1 cm³/mol. The van der Waals surface area contributed by atoms with Gasteiger partial charge in [0.1, 0.15) is 11.4 Å². The number of amides is 3. The second-order valence-electron chi connectivity index (χ2n) is 5.68. The average molecular weight is 323 g/mol.